The van der Waals surface area contributed by atoms with Crippen LogP contribution in [-0.4, -0.2) is 30.9 Å². The van der Waals surface area contributed by atoms with Gasteiger partial charge in [0.05, 0.1) is 11.2 Å². The SMILES string of the molecule is O=C(NCCS(=O)(=O)NCc1ccccc1)C12CC3CC(CC(Br)(C3)C1)C2. The fourth-order valence-corrected chi connectivity index (χ4v) is 8.12. The van der Waals surface area contributed by atoms with Gasteiger partial charge in [0, 0.05) is 17.4 Å². The fraction of sp³-hybridized carbons (Fsp3) is 0.650. The summed E-state index contributed by atoms with van der Waals surface area (Å²) >= 11 is 3.92. The van der Waals surface area contributed by atoms with Gasteiger partial charge in [-0.2, -0.15) is 0 Å². The summed E-state index contributed by atoms with van der Waals surface area (Å²) < 4.78 is 27.2. The van der Waals surface area contributed by atoms with E-state index in [0.717, 1.165) is 24.8 Å². The molecule has 1 aromatic carbocycles. The van der Waals surface area contributed by atoms with Crippen LogP contribution in [0.1, 0.15) is 44.1 Å². The maximum Gasteiger partial charge on any atom is 0.226 e. The predicted molar refractivity (Wildman–Crippen MR) is 109 cm³/mol. The molecule has 4 bridgehead atoms. The number of sulfonamides is 1. The Labute approximate surface area is 169 Å². The van der Waals surface area contributed by atoms with E-state index in [9.17, 15) is 13.2 Å². The highest BCUT2D eigenvalue weighted by Crippen LogP contribution is 2.64. The van der Waals surface area contributed by atoms with Crippen LogP contribution < -0.4 is 10.0 Å². The zero-order valence-corrected chi connectivity index (χ0v) is 17.8. The van der Waals surface area contributed by atoms with Gasteiger partial charge in [-0.05, 0) is 55.9 Å². The number of halogens is 1. The van der Waals surface area contributed by atoms with Crippen molar-refractivity contribution < 1.29 is 13.2 Å². The van der Waals surface area contributed by atoms with Crippen molar-refractivity contribution in [2.24, 2.45) is 17.3 Å². The maximum atomic E-state index is 13.0. The molecule has 1 amide bonds. The second kappa shape index (κ2) is 7.16. The molecule has 4 aliphatic carbocycles. The van der Waals surface area contributed by atoms with E-state index >= 15 is 0 Å². The first-order chi connectivity index (χ1) is 12.8. The molecule has 2 unspecified atom stereocenters. The van der Waals surface area contributed by atoms with Crippen molar-refractivity contribution in [3.63, 3.8) is 0 Å². The van der Waals surface area contributed by atoms with Gasteiger partial charge in [-0.1, -0.05) is 46.3 Å². The van der Waals surface area contributed by atoms with Crippen LogP contribution in [0.25, 0.3) is 0 Å². The van der Waals surface area contributed by atoms with Crippen LogP contribution in [0.4, 0.5) is 0 Å². The monoisotopic (exact) mass is 454 g/mol. The number of carbonyl (C=O) groups excluding carboxylic acids is 1. The number of nitrogens with one attached hydrogen (secondary N) is 2. The van der Waals surface area contributed by atoms with E-state index < -0.39 is 10.0 Å². The maximum absolute atomic E-state index is 13.0. The zero-order chi connectivity index (χ0) is 19.1. The van der Waals surface area contributed by atoms with Crippen LogP contribution in [0.5, 0.6) is 0 Å². The molecule has 0 aromatic heterocycles. The Morgan fingerprint density at radius 2 is 1.78 bits per heavy atom. The molecule has 2 N–H and O–H groups in total. The minimum atomic E-state index is -3.42. The fourth-order valence-electron chi connectivity index (χ4n) is 5.76. The normalized spacial score (nSPS) is 34.6. The summed E-state index contributed by atoms with van der Waals surface area (Å²) in [6.45, 7) is 0.436. The van der Waals surface area contributed by atoms with Crippen LogP contribution in [0.15, 0.2) is 30.3 Å². The summed E-state index contributed by atoms with van der Waals surface area (Å²) in [6.07, 6.45) is 6.41. The van der Waals surface area contributed by atoms with Gasteiger partial charge < -0.3 is 5.32 Å². The van der Waals surface area contributed by atoms with E-state index in [2.05, 4.69) is 26.0 Å². The predicted octanol–water partition coefficient (Wildman–Crippen LogP) is 2.96. The molecule has 5 rings (SSSR count). The molecular formula is C20H27BrN2O3S. The highest BCUT2D eigenvalue weighted by atomic mass is 79.9. The lowest BCUT2D eigenvalue weighted by molar-refractivity contribution is -0.143. The summed E-state index contributed by atoms with van der Waals surface area (Å²) in [5, 5.41) is 2.93. The number of hydrogen-bond acceptors (Lipinski definition) is 3. The molecule has 1 aromatic rings. The molecule has 0 aliphatic heterocycles. The lowest BCUT2D eigenvalue weighted by Gasteiger charge is -2.59. The van der Waals surface area contributed by atoms with Gasteiger partial charge in [-0.25, -0.2) is 13.1 Å². The van der Waals surface area contributed by atoms with Crippen LogP contribution in [0.3, 0.4) is 0 Å². The van der Waals surface area contributed by atoms with Crippen LogP contribution in [0, 0.1) is 17.3 Å². The largest absolute Gasteiger partial charge is 0.355 e. The Kier molecular flexibility index (Phi) is 5.14. The van der Waals surface area contributed by atoms with E-state index in [1.54, 1.807) is 0 Å². The Bertz CT molecular complexity index is 798. The molecule has 0 heterocycles. The average Bonchev–Trinajstić information content (AvgIpc) is 2.59. The molecule has 0 spiro atoms. The number of alkyl halides is 1. The number of benzene rings is 1. The molecule has 7 heteroatoms. The summed E-state index contributed by atoms with van der Waals surface area (Å²) in [4.78, 5) is 13.0. The van der Waals surface area contributed by atoms with Crippen molar-refractivity contribution in [1.82, 2.24) is 10.0 Å². The van der Waals surface area contributed by atoms with E-state index in [1.165, 1.54) is 19.3 Å². The van der Waals surface area contributed by atoms with Crippen molar-refractivity contribution in [2.75, 3.05) is 12.3 Å². The molecule has 4 saturated carbocycles. The quantitative estimate of drug-likeness (QED) is 0.621. The van der Waals surface area contributed by atoms with Crippen LogP contribution >= 0.6 is 15.9 Å². The smallest absolute Gasteiger partial charge is 0.226 e. The molecule has 0 radical (unpaired) electrons. The Morgan fingerprint density at radius 3 is 2.41 bits per heavy atom. The van der Waals surface area contributed by atoms with E-state index in [0.29, 0.717) is 11.8 Å². The average molecular weight is 455 g/mol. The molecule has 148 valence electrons. The third-order valence-electron chi connectivity index (χ3n) is 6.47. The van der Waals surface area contributed by atoms with Crippen molar-refractivity contribution in [1.29, 1.82) is 0 Å². The van der Waals surface area contributed by atoms with Crippen molar-refractivity contribution >= 4 is 31.9 Å². The summed E-state index contributed by atoms with van der Waals surface area (Å²) in [5.74, 6) is 1.23. The van der Waals surface area contributed by atoms with E-state index in [4.69, 9.17) is 0 Å². The lowest BCUT2D eigenvalue weighted by atomic mass is 9.49. The Hall–Kier alpha value is -0.920. The van der Waals surface area contributed by atoms with Crippen LogP contribution in [-0.2, 0) is 21.4 Å². The Morgan fingerprint density at radius 1 is 1.11 bits per heavy atom. The van der Waals surface area contributed by atoms with Gasteiger partial charge in [-0.15, -0.1) is 0 Å². The van der Waals surface area contributed by atoms with Gasteiger partial charge in [0.2, 0.25) is 15.9 Å². The van der Waals surface area contributed by atoms with Gasteiger partial charge in [0.15, 0.2) is 0 Å². The van der Waals surface area contributed by atoms with E-state index in [1.807, 2.05) is 30.3 Å². The Balaban J connectivity index is 1.29. The number of hydrogen-bond donors (Lipinski definition) is 2. The minimum absolute atomic E-state index is 0.0543. The second-order valence-corrected chi connectivity index (χ2v) is 12.4. The third kappa shape index (κ3) is 4.25. The molecule has 27 heavy (non-hydrogen) atoms. The van der Waals surface area contributed by atoms with Gasteiger partial charge in [0.1, 0.15) is 0 Å². The number of amides is 1. The summed E-state index contributed by atoms with van der Waals surface area (Å²) in [7, 11) is -3.42. The van der Waals surface area contributed by atoms with Gasteiger partial charge in [-0.3, -0.25) is 4.79 Å². The van der Waals surface area contributed by atoms with Crippen LogP contribution in [0.2, 0.25) is 0 Å². The number of carbonyl (C=O) groups is 1. The molecule has 5 nitrogen and oxygen atoms in total. The third-order valence-corrected chi connectivity index (χ3v) is 8.72. The van der Waals surface area contributed by atoms with Crippen molar-refractivity contribution in [3.05, 3.63) is 35.9 Å². The molecule has 4 fully saturated rings. The summed E-state index contributed by atoms with van der Waals surface area (Å²) in [6, 6.07) is 9.42. The standard InChI is InChI=1S/C20H27BrN2O3S/c21-20-11-16-8-17(12-20)10-19(9-16,14-20)18(24)22-6-7-27(25,26)23-13-15-4-2-1-3-5-15/h1-5,16-17,23H,6-14H2,(H,22,24). The molecular weight excluding hydrogens is 428 g/mol. The van der Waals surface area contributed by atoms with Crippen molar-refractivity contribution in [3.8, 4) is 0 Å². The first-order valence-electron chi connectivity index (χ1n) is 9.76. The topological polar surface area (TPSA) is 75.3 Å². The number of rotatable bonds is 7. The highest BCUT2D eigenvalue weighted by molar-refractivity contribution is 9.10. The van der Waals surface area contributed by atoms with Gasteiger partial charge >= 0.3 is 0 Å². The zero-order valence-electron chi connectivity index (χ0n) is 15.4. The lowest BCUT2D eigenvalue weighted by Crippen LogP contribution is -2.58. The first-order valence-corrected chi connectivity index (χ1v) is 12.2. The molecule has 0 saturated heterocycles. The first kappa shape index (κ1) is 19.4. The minimum Gasteiger partial charge on any atom is -0.355 e. The molecule has 2 atom stereocenters. The van der Waals surface area contributed by atoms with E-state index in [-0.39, 0.29) is 34.5 Å². The second-order valence-electron chi connectivity index (χ2n) is 8.77. The van der Waals surface area contributed by atoms with Gasteiger partial charge in [0.25, 0.3) is 0 Å². The highest BCUT2D eigenvalue weighted by Gasteiger charge is 2.59. The molecule has 4 aliphatic rings. The summed E-state index contributed by atoms with van der Waals surface area (Å²) in [5.41, 5.74) is 0.621. The van der Waals surface area contributed by atoms with Crippen molar-refractivity contribution in [2.45, 2.75) is 49.4 Å².